The lowest BCUT2D eigenvalue weighted by Crippen LogP contribution is -2.36. The molecule has 0 aliphatic carbocycles. The molecule has 1 aromatic carbocycles. The van der Waals surface area contributed by atoms with Gasteiger partial charge in [0, 0.05) is 29.7 Å². The summed E-state index contributed by atoms with van der Waals surface area (Å²) in [5.41, 5.74) is 15.4. The molecule has 0 fully saturated rings. The number of allylic oxidation sites excluding steroid dienone is 1. The molecule has 31 heavy (non-hydrogen) atoms. The summed E-state index contributed by atoms with van der Waals surface area (Å²) < 4.78 is 0. The molecule has 8 N–H and O–H groups in total. The highest BCUT2D eigenvalue weighted by Crippen LogP contribution is 2.10. The van der Waals surface area contributed by atoms with Crippen molar-refractivity contribution in [2.24, 2.45) is 11.6 Å². The Morgan fingerprint density at radius 1 is 1.16 bits per heavy atom. The first-order chi connectivity index (χ1) is 15.0. The van der Waals surface area contributed by atoms with Crippen LogP contribution in [-0.4, -0.2) is 34.0 Å². The zero-order chi connectivity index (χ0) is 22.5. The lowest BCUT2D eigenvalue weighted by Gasteiger charge is -2.15. The number of carbonyl (C=O) groups excluding carboxylic acids is 1. The third kappa shape index (κ3) is 9.57. The van der Waals surface area contributed by atoms with E-state index in [4.69, 9.17) is 17.3 Å². The molecule has 0 spiro atoms. The van der Waals surface area contributed by atoms with Crippen LogP contribution in [0.25, 0.3) is 0 Å². The van der Waals surface area contributed by atoms with E-state index in [1.54, 1.807) is 12.4 Å². The van der Waals surface area contributed by atoms with Crippen molar-refractivity contribution in [2.45, 2.75) is 58.3 Å². The highest BCUT2D eigenvalue weighted by molar-refractivity contribution is 5.94. The van der Waals surface area contributed by atoms with Gasteiger partial charge in [-0.2, -0.15) is 0 Å². The zero-order valence-corrected chi connectivity index (χ0v) is 18.6. The maximum absolute atomic E-state index is 12.3. The molecule has 1 heterocycles. The van der Waals surface area contributed by atoms with Crippen molar-refractivity contribution < 1.29 is 4.79 Å². The second-order valence-electron chi connectivity index (χ2n) is 7.85. The minimum atomic E-state index is -0.0913. The van der Waals surface area contributed by atoms with E-state index < -0.39 is 0 Å². The second-order valence-corrected chi connectivity index (χ2v) is 7.85. The summed E-state index contributed by atoms with van der Waals surface area (Å²) in [5.74, 6) is 6.35. The molecular formula is C23H37N7O. The lowest BCUT2D eigenvalue weighted by molar-refractivity contribution is 0.0951. The second kappa shape index (κ2) is 13.3. The number of amides is 1. The fraction of sp³-hybridized carbons (Fsp3) is 0.478. The van der Waals surface area contributed by atoms with Crippen molar-refractivity contribution in [2.75, 3.05) is 18.8 Å². The Labute approximate surface area is 185 Å². The van der Waals surface area contributed by atoms with Crippen LogP contribution in [0, 0.1) is 0 Å². The van der Waals surface area contributed by atoms with Gasteiger partial charge in [0.1, 0.15) is 0 Å². The molecule has 2 rings (SSSR count). The number of aromatic amines is 1. The Morgan fingerprint density at radius 2 is 1.94 bits per heavy atom. The van der Waals surface area contributed by atoms with Crippen molar-refractivity contribution in [3.05, 3.63) is 59.2 Å². The standard InChI is InChI=1S/C23H37N7O/c1-2-3-7-18-10-12-19(13-11-18)22(31)27-14-15-30(26)17-20(24)8-5-4-6-9-21-16-28-23(25)29-21/h10-13,16-17H,2-9,14-15,24,26H2,1H3,(H,27,31)(H3,25,28,29)/b20-17-. The monoisotopic (exact) mass is 427 g/mol. The normalized spacial score (nSPS) is 11.5. The molecule has 1 amide bonds. The van der Waals surface area contributed by atoms with E-state index in [-0.39, 0.29) is 5.91 Å². The third-order valence-corrected chi connectivity index (χ3v) is 5.08. The largest absolute Gasteiger partial charge is 0.401 e. The van der Waals surface area contributed by atoms with Crippen LogP contribution in [-0.2, 0) is 12.8 Å². The Morgan fingerprint density at radius 3 is 2.61 bits per heavy atom. The predicted molar refractivity (Wildman–Crippen MR) is 126 cm³/mol. The Hall–Kier alpha value is -3.00. The summed E-state index contributed by atoms with van der Waals surface area (Å²) in [7, 11) is 0. The van der Waals surface area contributed by atoms with Crippen LogP contribution in [0.4, 0.5) is 5.95 Å². The van der Waals surface area contributed by atoms with E-state index in [1.165, 1.54) is 17.0 Å². The molecule has 0 bridgehead atoms. The van der Waals surface area contributed by atoms with Gasteiger partial charge in [-0.3, -0.25) is 4.79 Å². The minimum absolute atomic E-state index is 0.0913. The van der Waals surface area contributed by atoms with Gasteiger partial charge in [0.05, 0.1) is 12.7 Å². The SMILES string of the molecule is CCCCc1ccc(C(=O)NCCN(N)/C=C(\N)CCCCCc2cnc(N)[nH]2)cc1. The van der Waals surface area contributed by atoms with Gasteiger partial charge in [-0.05, 0) is 56.2 Å². The first-order valence-corrected chi connectivity index (χ1v) is 11.1. The number of aromatic nitrogens is 2. The summed E-state index contributed by atoms with van der Waals surface area (Å²) >= 11 is 0. The van der Waals surface area contributed by atoms with Crippen molar-refractivity contribution in [3.63, 3.8) is 0 Å². The van der Waals surface area contributed by atoms with Gasteiger partial charge in [0.2, 0.25) is 0 Å². The van der Waals surface area contributed by atoms with Gasteiger partial charge in [0.25, 0.3) is 5.91 Å². The maximum Gasteiger partial charge on any atom is 0.251 e. The molecule has 0 atom stereocenters. The fourth-order valence-electron chi connectivity index (χ4n) is 3.27. The van der Waals surface area contributed by atoms with Crippen molar-refractivity contribution >= 4 is 11.9 Å². The van der Waals surface area contributed by atoms with Crippen LogP contribution in [0.1, 0.15) is 67.1 Å². The summed E-state index contributed by atoms with van der Waals surface area (Å²) in [6.07, 6.45) is 11.7. The van der Waals surface area contributed by atoms with Crippen LogP contribution in [0.3, 0.4) is 0 Å². The number of nitrogen functional groups attached to an aromatic ring is 1. The number of nitrogens with zero attached hydrogens (tertiary/aromatic N) is 2. The minimum Gasteiger partial charge on any atom is -0.401 e. The highest BCUT2D eigenvalue weighted by atomic mass is 16.1. The first-order valence-electron chi connectivity index (χ1n) is 11.1. The molecule has 0 aliphatic heterocycles. The average Bonchev–Trinajstić information content (AvgIpc) is 3.17. The summed E-state index contributed by atoms with van der Waals surface area (Å²) in [6.45, 7) is 3.11. The molecule has 0 saturated heterocycles. The number of nitrogens with one attached hydrogen (secondary N) is 2. The topological polar surface area (TPSA) is 139 Å². The number of anilines is 1. The van der Waals surface area contributed by atoms with Crippen LogP contribution in [0.5, 0.6) is 0 Å². The van der Waals surface area contributed by atoms with Gasteiger partial charge in [-0.25, -0.2) is 10.8 Å². The van der Waals surface area contributed by atoms with Crippen LogP contribution >= 0.6 is 0 Å². The van der Waals surface area contributed by atoms with Gasteiger partial charge >= 0.3 is 0 Å². The number of aryl methyl sites for hydroxylation is 2. The predicted octanol–water partition coefficient (Wildman–Crippen LogP) is 2.84. The Bertz CT molecular complexity index is 814. The van der Waals surface area contributed by atoms with Crippen LogP contribution in [0.2, 0.25) is 0 Å². The number of hydrazine groups is 1. The molecule has 0 unspecified atom stereocenters. The molecule has 0 saturated carbocycles. The Kier molecular flexibility index (Phi) is 10.4. The van der Waals surface area contributed by atoms with E-state index in [1.807, 2.05) is 24.3 Å². The zero-order valence-electron chi connectivity index (χ0n) is 18.6. The quantitative estimate of drug-likeness (QED) is 0.178. The van der Waals surface area contributed by atoms with E-state index in [9.17, 15) is 4.79 Å². The summed E-state index contributed by atoms with van der Waals surface area (Å²) in [6, 6.07) is 7.79. The highest BCUT2D eigenvalue weighted by Gasteiger charge is 2.05. The molecule has 170 valence electrons. The summed E-state index contributed by atoms with van der Waals surface area (Å²) in [5, 5.41) is 4.42. The number of unbranched alkanes of at least 4 members (excludes halogenated alkanes) is 3. The van der Waals surface area contributed by atoms with Crippen LogP contribution in [0.15, 0.2) is 42.4 Å². The van der Waals surface area contributed by atoms with Crippen molar-refractivity contribution in [1.82, 2.24) is 20.3 Å². The lowest BCUT2D eigenvalue weighted by atomic mass is 10.1. The van der Waals surface area contributed by atoms with Crippen molar-refractivity contribution in [3.8, 4) is 0 Å². The van der Waals surface area contributed by atoms with E-state index in [0.29, 0.717) is 24.6 Å². The van der Waals surface area contributed by atoms with Crippen molar-refractivity contribution in [1.29, 1.82) is 0 Å². The van der Waals surface area contributed by atoms with Crippen LogP contribution < -0.4 is 22.6 Å². The molecule has 2 aromatic rings. The number of carbonyl (C=O) groups is 1. The van der Waals surface area contributed by atoms with E-state index in [0.717, 1.165) is 56.3 Å². The molecule has 8 heteroatoms. The number of benzene rings is 1. The molecule has 0 radical (unpaired) electrons. The molecule has 8 nitrogen and oxygen atoms in total. The average molecular weight is 428 g/mol. The van der Waals surface area contributed by atoms with Gasteiger partial charge < -0.3 is 26.8 Å². The fourth-order valence-corrected chi connectivity index (χ4v) is 3.27. The van der Waals surface area contributed by atoms with E-state index >= 15 is 0 Å². The van der Waals surface area contributed by atoms with E-state index in [2.05, 4.69) is 22.2 Å². The number of nitrogens with two attached hydrogens (primary N) is 3. The van der Waals surface area contributed by atoms with Gasteiger partial charge in [0.15, 0.2) is 5.95 Å². The summed E-state index contributed by atoms with van der Waals surface area (Å²) in [4.78, 5) is 19.3. The first kappa shape index (κ1) is 24.3. The maximum atomic E-state index is 12.3. The smallest absolute Gasteiger partial charge is 0.251 e. The van der Waals surface area contributed by atoms with Gasteiger partial charge in [-0.15, -0.1) is 0 Å². The third-order valence-electron chi connectivity index (χ3n) is 5.08. The number of hydrogen-bond acceptors (Lipinski definition) is 6. The number of H-pyrrole nitrogens is 1. The number of hydrogen-bond donors (Lipinski definition) is 5. The molecular weight excluding hydrogens is 390 g/mol. The molecule has 0 aliphatic rings. The number of imidazole rings is 1. The van der Waals surface area contributed by atoms with Gasteiger partial charge in [-0.1, -0.05) is 31.9 Å². The molecule has 1 aromatic heterocycles. The number of rotatable bonds is 14. The Balaban J connectivity index is 1.59.